The van der Waals surface area contributed by atoms with Crippen LogP contribution in [-0.4, -0.2) is 28.4 Å². The fraction of sp³-hybridized carbons (Fsp3) is 0.583. The molecule has 0 saturated heterocycles. The second kappa shape index (κ2) is 8.81. The van der Waals surface area contributed by atoms with Crippen molar-refractivity contribution in [1.29, 1.82) is 0 Å². The first-order chi connectivity index (χ1) is 15.2. The molecule has 6 nitrogen and oxygen atoms in total. The van der Waals surface area contributed by atoms with Crippen LogP contribution in [0.5, 0.6) is 0 Å². The lowest BCUT2D eigenvalue weighted by Crippen LogP contribution is -2.35. The van der Waals surface area contributed by atoms with Crippen molar-refractivity contribution < 1.29 is 23.0 Å². The largest absolute Gasteiger partial charge is 0.444 e. The quantitative estimate of drug-likeness (QED) is 0.666. The van der Waals surface area contributed by atoms with Crippen LogP contribution in [0.15, 0.2) is 24.4 Å². The van der Waals surface area contributed by atoms with Gasteiger partial charge in [0.25, 0.3) is 0 Å². The fourth-order valence-corrected chi connectivity index (χ4v) is 4.55. The smallest absolute Gasteiger partial charge is 0.408 e. The lowest BCUT2D eigenvalue weighted by molar-refractivity contribution is 0.0497. The Morgan fingerprint density at radius 2 is 1.97 bits per heavy atom. The number of hydrogen-bond acceptors (Lipinski definition) is 4. The first-order valence-electron chi connectivity index (χ1n) is 11.2. The number of ether oxygens (including phenoxy) is 2. The average molecular weight is 448 g/mol. The van der Waals surface area contributed by atoms with Crippen LogP contribution in [0.1, 0.15) is 81.6 Å². The third kappa shape index (κ3) is 4.80. The molecule has 0 bridgehead atoms. The number of benzene rings is 1. The molecule has 2 aromatic rings. The molecule has 8 heteroatoms. The van der Waals surface area contributed by atoms with E-state index in [1.807, 2.05) is 4.57 Å². The first-order valence-corrected chi connectivity index (χ1v) is 11.2. The van der Waals surface area contributed by atoms with E-state index in [1.54, 1.807) is 40.1 Å². The molecule has 1 aliphatic heterocycles. The SMILES string of the molecule is COC(c1cnc2n1C[C@H](c1cccc(F)c1F)CC[C@H]2NC(=O)OC(C)(C)C)C1CC1. The van der Waals surface area contributed by atoms with Crippen LogP contribution >= 0.6 is 0 Å². The van der Waals surface area contributed by atoms with Gasteiger partial charge in [-0.3, -0.25) is 0 Å². The van der Waals surface area contributed by atoms with Gasteiger partial charge >= 0.3 is 6.09 Å². The number of nitrogens with zero attached hydrogens (tertiary/aromatic N) is 2. The highest BCUT2D eigenvalue weighted by atomic mass is 19.2. The molecule has 1 N–H and O–H groups in total. The molecule has 1 aromatic heterocycles. The number of alkyl carbamates (subject to hydrolysis) is 1. The molecule has 1 saturated carbocycles. The second-order valence-corrected chi connectivity index (χ2v) is 9.76. The molecule has 1 fully saturated rings. The summed E-state index contributed by atoms with van der Waals surface area (Å²) in [4.78, 5) is 17.1. The number of aromatic nitrogens is 2. The first kappa shape index (κ1) is 22.7. The van der Waals surface area contributed by atoms with E-state index >= 15 is 0 Å². The molecule has 3 atom stereocenters. The summed E-state index contributed by atoms with van der Waals surface area (Å²) in [6.45, 7) is 5.85. The topological polar surface area (TPSA) is 65.4 Å². The van der Waals surface area contributed by atoms with E-state index in [0.717, 1.165) is 24.6 Å². The van der Waals surface area contributed by atoms with E-state index in [-0.39, 0.29) is 12.0 Å². The molecule has 0 spiro atoms. The summed E-state index contributed by atoms with van der Waals surface area (Å²) in [5.41, 5.74) is 0.619. The van der Waals surface area contributed by atoms with Crippen molar-refractivity contribution in [2.24, 2.45) is 5.92 Å². The summed E-state index contributed by atoms with van der Waals surface area (Å²) in [7, 11) is 1.68. The Kier molecular flexibility index (Phi) is 6.25. The van der Waals surface area contributed by atoms with Crippen LogP contribution < -0.4 is 5.32 Å². The van der Waals surface area contributed by atoms with E-state index < -0.39 is 29.4 Å². The van der Waals surface area contributed by atoms with E-state index in [1.165, 1.54) is 6.07 Å². The van der Waals surface area contributed by atoms with Crippen molar-refractivity contribution in [3.05, 3.63) is 53.1 Å². The number of carbonyl (C=O) groups is 1. The van der Waals surface area contributed by atoms with E-state index in [4.69, 9.17) is 9.47 Å². The van der Waals surface area contributed by atoms with Crippen molar-refractivity contribution in [3.63, 3.8) is 0 Å². The minimum atomic E-state index is -0.853. The van der Waals surface area contributed by atoms with E-state index in [9.17, 15) is 13.6 Å². The van der Waals surface area contributed by atoms with Gasteiger partial charge in [0, 0.05) is 19.6 Å². The molecule has 2 heterocycles. The van der Waals surface area contributed by atoms with Crippen LogP contribution in [0.3, 0.4) is 0 Å². The summed E-state index contributed by atoms with van der Waals surface area (Å²) in [6, 6.07) is 3.89. The van der Waals surface area contributed by atoms with Gasteiger partial charge in [-0.2, -0.15) is 0 Å². The monoisotopic (exact) mass is 447 g/mol. The number of nitrogens with one attached hydrogen (secondary N) is 1. The Morgan fingerprint density at radius 3 is 2.62 bits per heavy atom. The number of halogens is 2. The highest BCUT2D eigenvalue weighted by Gasteiger charge is 2.38. The van der Waals surface area contributed by atoms with Crippen LogP contribution in [-0.2, 0) is 16.0 Å². The molecule has 1 unspecified atom stereocenters. The Labute approximate surface area is 187 Å². The van der Waals surface area contributed by atoms with Crippen molar-refractivity contribution >= 4 is 6.09 Å². The van der Waals surface area contributed by atoms with Gasteiger partial charge in [-0.1, -0.05) is 12.1 Å². The van der Waals surface area contributed by atoms with Crippen molar-refractivity contribution in [2.45, 2.75) is 76.7 Å². The van der Waals surface area contributed by atoms with Gasteiger partial charge in [-0.15, -0.1) is 0 Å². The summed E-state index contributed by atoms with van der Waals surface area (Å²) in [5.74, 6) is -0.822. The molecule has 1 amide bonds. The lowest BCUT2D eigenvalue weighted by Gasteiger charge is -2.23. The third-order valence-electron chi connectivity index (χ3n) is 6.14. The molecular formula is C24H31F2N3O3. The maximum absolute atomic E-state index is 14.7. The van der Waals surface area contributed by atoms with Gasteiger partial charge < -0.3 is 19.4 Å². The minimum Gasteiger partial charge on any atom is -0.444 e. The van der Waals surface area contributed by atoms with Gasteiger partial charge in [-0.25, -0.2) is 18.6 Å². The standard InChI is InChI=1S/C24H31F2N3O3/c1-24(2,3)32-23(30)28-18-11-10-15(16-6-5-7-17(25)20(16)26)13-29-19(12-27-22(18)29)21(31-4)14-8-9-14/h5-7,12,14-15,18,21H,8-11,13H2,1-4H3,(H,28,30)/t15-,18-,21?/m1/s1. The van der Waals surface area contributed by atoms with Crippen molar-refractivity contribution in [3.8, 4) is 0 Å². The lowest BCUT2D eigenvalue weighted by atomic mass is 9.92. The number of fused-ring (bicyclic) bond motifs is 1. The maximum Gasteiger partial charge on any atom is 0.408 e. The fourth-order valence-electron chi connectivity index (χ4n) is 4.55. The predicted octanol–water partition coefficient (Wildman–Crippen LogP) is 5.40. The van der Waals surface area contributed by atoms with Gasteiger partial charge in [0.2, 0.25) is 0 Å². The number of carbonyl (C=O) groups excluding carboxylic acids is 1. The van der Waals surface area contributed by atoms with Crippen LogP contribution in [0.25, 0.3) is 0 Å². The third-order valence-corrected chi connectivity index (χ3v) is 6.14. The maximum atomic E-state index is 14.7. The van der Waals surface area contributed by atoms with E-state index in [2.05, 4.69) is 10.3 Å². The average Bonchev–Trinajstić information content (AvgIpc) is 3.48. The van der Waals surface area contributed by atoms with Crippen molar-refractivity contribution in [1.82, 2.24) is 14.9 Å². The number of amides is 1. The molecule has 1 aromatic carbocycles. The van der Waals surface area contributed by atoms with Gasteiger partial charge in [0.05, 0.1) is 17.9 Å². The number of rotatable bonds is 5. The molecule has 32 heavy (non-hydrogen) atoms. The zero-order chi connectivity index (χ0) is 23.0. The number of methoxy groups -OCH3 is 1. The zero-order valence-electron chi connectivity index (χ0n) is 19.0. The van der Waals surface area contributed by atoms with Crippen LogP contribution in [0, 0.1) is 17.6 Å². The Bertz CT molecular complexity index is 981. The zero-order valence-corrected chi connectivity index (χ0v) is 19.0. The summed E-state index contributed by atoms with van der Waals surface area (Å²) in [6.07, 6.45) is 4.40. The van der Waals surface area contributed by atoms with Crippen molar-refractivity contribution in [2.75, 3.05) is 7.11 Å². The second-order valence-electron chi connectivity index (χ2n) is 9.76. The van der Waals surface area contributed by atoms with Gasteiger partial charge in [0.1, 0.15) is 17.5 Å². The summed E-state index contributed by atoms with van der Waals surface area (Å²) >= 11 is 0. The molecule has 1 aliphatic carbocycles. The molecule has 4 rings (SSSR count). The Balaban J connectivity index is 1.69. The van der Waals surface area contributed by atoms with Crippen LogP contribution in [0.2, 0.25) is 0 Å². The van der Waals surface area contributed by atoms with E-state index in [0.29, 0.717) is 36.7 Å². The predicted molar refractivity (Wildman–Crippen MR) is 115 cm³/mol. The summed E-state index contributed by atoms with van der Waals surface area (Å²) in [5, 5.41) is 2.93. The van der Waals surface area contributed by atoms with Gasteiger partial charge in [0.15, 0.2) is 11.6 Å². The molecule has 0 radical (unpaired) electrons. The minimum absolute atomic E-state index is 0.116. The Morgan fingerprint density at radius 1 is 1.22 bits per heavy atom. The highest BCUT2D eigenvalue weighted by molar-refractivity contribution is 5.68. The molecule has 174 valence electrons. The summed E-state index contributed by atoms with van der Waals surface area (Å²) < 4.78 is 41.9. The molecule has 2 aliphatic rings. The Hall–Kier alpha value is -2.48. The highest BCUT2D eigenvalue weighted by Crippen LogP contribution is 2.45. The number of hydrogen-bond donors (Lipinski definition) is 1. The molecular weight excluding hydrogens is 416 g/mol. The normalized spacial score (nSPS) is 22.1. The van der Waals surface area contributed by atoms with Crippen LogP contribution in [0.4, 0.5) is 13.6 Å². The number of imidazole rings is 1. The van der Waals surface area contributed by atoms with Gasteiger partial charge in [-0.05, 0) is 64.0 Å².